The summed E-state index contributed by atoms with van der Waals surface area (Å²) in [6, 6.07) is 6.06. The van der Waals surface area contributed by atoms with Gasteiger partial charge in [0.05, 0.1) is 22.5 Å². The number of alkyl halides is 12. The standard InChI is InChI=1S/C25H13BrF13N3O2/c26-15-9-11(21(28,23(31,32)33)24(34,35)36)8-14(22(29,30)25(37,38)39)18(15)42-20(44)13-2-1-3-16(17(13)27)41-19(43)10-4-6-12(40)7-5-10/h1-9H,40H2,(H,41,43)(H,42,44). The van der Waals surface area contributed by atoms with Crippen molar-refractivity contribution in [2.75, 3.05) is 16.4 Å². The van der Waals surface area contributed by atoms with E-state index in [1.165, 1.54) is 29.6 Å². The van der Waals surface area contributed by atoms with Crippen molar-refractivity contribution in [2.45, 2.75) is 30.1 Å². The number of halogens is 14. The first-order valence-corrected chi connectivity index (χ1v) is 12.1. The summed E-state index contributed by atoms with van der Waals surface area (Å²) in [6.07, 6.45) is -20.5. The van der Waals surface area contributed by atoms with Crippen molar-refractivity contribution in [2.24, 2.45) is 0 Å². The van der Waals surface area contributed by atoms with E-state index in [2.05, 4.69) is 21.2 Å². The minimum absolute atomic E-state index is 0.0573. The quantitative estimate of drug-likeness (QED) is 0.177. The molecule has 0 aromatic heterocycles. The van der Waals surface area contributed by atoms with Gasteiger partial charge in [0.2, 0.25) is 0 Å². The zero-order chi connectivity index (χ0) is 33.6. The van der Waals surface area contributed by atoms with E-state index in [0.717, 1.165) is 12.1 Å². The average Bonchev–Trinajstić information content (AvgIpc) is 2.88. The van der Waals surface area contributed by atoms with E-state index >= 15 is 4.39 Å². The zero-order valence-corrected chi connectivity index (χ0v) is 22.5. The maximum absolute atomic E-state index is 15.1. The Morgan fingerprint density at radius 3 is 1.75 bits per heavy atom. The molecule has 0 aliphatic heterocycles. The second-order valence-corrected chi connectivity index (χ2v) is 9.66. The summed E-state index contributed by atoms with van der Waals surface area (Å²) in [6.45, 7) is 0. The highest BCUT2D eigenvalue weighted by molar-refractivity contribution is 9.10. The van der Waals surface area contributed by atoms with Gasteiger partial charge in [0.15, 0.2) is 5.82 Å². The van der Waals surface area contributed by atoms with Crippen LogP contribution in [0.15, 0.2) is 59.1 Å². The second kappa shape index (κ2) is 11.5. The predicted octanol–water partition coefficient (Wildman–Crippen LogP) is 8.62. The first-order chi connectivity index (χ1) is 19.9. The molecule has 5 nitrogen and oxygen atoms in total. The summed E-state index contributed by atoms with van der Waals surface area (Å²) in [4.78, 5) is 25.2. The molecule has 19 heteroatoms. The number of carbonyl (C=O) groups is 2. The molecular formula is C25H13BrF13N3O2. The summed E-state index contributed by atoms with van der Waals surface area (Å²) in [5, 5.41) is 3.43. The maximum Gasteiger partial charge on any atom is 0.458 e. The van der Waals surface area contributed by atoms with Crippen molar-refractivity contribution in [3.05, 3.63) is 87.1 Å². The highest BCUT2D eigenvalue weighted by Gasteiger charge is 2.74. The van der Waals surface area contributed by atoms with Gasteiger partial charge in [0, 0.05) is 21.3 Å². The number of rotatable bonds is 6. The second-order valence-electron chi connectivity index (χ2n) is 8.80. The van der Waals surface area contributed by atoms with Crippen LogP contribution in [0.3, 0.4) is 0 Å². The molecule has 3 aromatic rings. The topological polar surface area (TPSA) is 84.2 Å². The molecule has 44 heavy (non-hydrogen) atoms. The Morgan fingerprint density at radius 2 is 1.25 bits per heavy atom. The maximum atomic E-state index is 15.1. The SMILES string of the molecule is Nc1ccc(C(=O)Nc2cccc(C(=O)Nc3c(Br)cc(C(F)(C(F)(F)F)C(F)(F)F)cc3C(F)(F)C(F)(F)F)c2F)cc1. The van der Waals surface area contributed by atoms with Gasteiger partial charge in [-0.2, -0.15) is 48.3 Å². The van der Waals surface area contributed by atoms with Gasteiger partial charge in [-0.25, -0.2) is 8.78 Å². The molecular weight excluding hydrogens is 701 g/mol. The fourth-order valence-corrected chi connectivity index (χ4v) is 4.19. The fourth-order valence-electron chi connectivity index (χ4n) is 3.63. The Hall–Kier alpha value is -4.03. The van der Waals surface area contributed by atoms with Crippen molar-refractivity contribution < 1.29 is 66.7 Å². The van der Waals surface area contributed by atoms with Crippen LogP contribution in [0.5, 0.6) is 0 Å². The van der Waals surface area contributed by atoms with Gasteiger partial charge in [-0.3, -0.25) is 9.59 Å². The van der Waals surface area contributed by atoms with Gasteiger partial charge in [-0.05, 0) is 64.5 Å². The van der Waals surface area contributed by atoms with Gasteiger partial charge in [-0.15, -0.1) is 0 Å². The Balaban J connectivity index is 2.13. The molecule has 0 heterocycles. The van der Waals surface area contributed by atoms with Crippen LogP contribution in [0.1, 0.15) is 31.8 Å². The summed E-state index contributed by atoms with van der Waals surface area (Å²) >= 11 is 2.20. The monoisotopic (exact) mass is 713 g/mol. The van der Waals surface area contributed by atoms with E-state index in [4.69, 9.17) is 5.73 Å². The van der Waals surface area contributed by atoms with Crippen LogP contribution in [-0.4, -0.2) is 30.3 Å². The normalized spacial score (nSPS) is 13.0. The lowest BCUT2D eigenvalue weighted by atomic mass is 9.90. The van der Waals surface area contributed by atoms with Crippen molar-refractivity contribution in [3.63, 3.8) is 0 Å². The number of benzene rings is 3. The van der Waals surface area contributed by atoms with Crippen LogP contribution >= 0.6 is 15.9 Å². The fraction of sp³-hybridized carbons (Fsp3) is 0.200. The molecule has 0 atom stereocenters. The van der Waals surface area contributed by atoms with E-state index < -0.39 is 92.4 Å². The number of anilines is 3. The number of hydrogen-bond donors (Lipinski definition) is 3. The van der Waals surface area contributed by atoms with Crippen LogP contribution < -0.4 is 16.4 Å². The van der Waals surface area contributed by atoms with E-state index in [0.29, 0.717) is 6.07 Å². The number of nitrogens with two attached hydrogens (primary N) is 1. The van der Waals surface area contributed by atoms with Gasteiger partial charge < -0.3 is 16.4 Å². The molecule has 4 N–H and O–H groups in total. The first-order valence-electron chi connectivity index (χ1n) is 11.3. The number of hydrogen-bond acceptors (Lipinski definition) is 3. The molecule has 0 fully saturated rings. The number of nitrogens with one attached hydrogen (secondary N) is 2. The molecule has 0 saturated carbocycles. The number of nitrogen functional groups attached to an aromatic ring is 1. The van der Waals surface area contributed by atoms with Crippen LogP contribution in [0.25, 0.3) is 0 Å². The Morgan fingerprint density at radius 1 is 0.705 bits per heavy atom. The van der Waals surface area contributed by atoms with Gasteiger partial charge >= 0.3 is 30.1 Å². The summed E-state index contributed by atoms with van der Waals surface area (Å²) < 4.78 is 176. The van der Waals surface area contributed by atoms with Gasteiger partial charge in [0.1, 0.15) is 0 Å². The predicted molar refractivity (Wildman–Crippen MR) is 132 cm³/mol. The van der Waals surface area contributed by atoms with Crippen LogP contribution in [0, 0.1) is 5.82 Å². The van der Waals surface area contributed by atoms with E-state index in [-0.39, 0.29) is 11.3 Å². The highest BCUT2D eigenvalue weighted by Crippen LogP contribution is 2.56. The smallest absolute Gasteiger partial charge is 0.399 e. The van der Waals surface area contributed by atoms with Crippen molar-refractivity contribution in [1.29, 1.82) is 0 Å². The van der Waals surface area contributed by atoms with Crippen molar-refractivity contribution in [1.82, 2.24) is 0 Å². The van der Waals surface area contributed by atoms with E-state index in [1.807, 2.05) is 0 Å². The Labute approximate surface area is 245 Å². The number of carbonyl (C=O) groups excluding carboxylic acids is 2. The number of amides is 2. The molecule has 2 amide bonds. The van der Waals surface area contributed by atoms with Crippen LogP contribution in [0.4, 0.5) is 74.1 Å². The average molecular weight is 714 g/mol. The third-order valence-electron chi connectivity index (χ3n) is 5.87. The third kappa shape index (κ3) is 6.27. The van der Waals surface area contributed by atoms with Gasteiger partial charge in [0.25, 0.3) is 11.8 Å². The summed E-state index contributed by atoms with van der Waals surface area (Å²) in [7, 11) is 0. The molecule has 0 radical (unpaired) electrons. The van der Waals surface area contributed by atoms with Crippen LogP contribution in [-0.2, 0) is 11.6 Å². The minimum atomic E-state index is -6.90. The summed E-state index contributed by atoms with van der Waals surface area (Å²) in [5.41, 5.74) is -9.85. The molecule has 0 bridgehead atoms. The first kappa shape index (κ1) is 34.5. The molecule has 0 aliphatic rings. The molecule has 0 aliphatic carbocycles. The third-order valence-corrected chi connectivity index (χ3v) is 6.49. The molecule has 0 spiro atoms. The lowest BCUT2D eigenvalue weighted by Gasteiger charge is -2.32. The van der Waals surface area contributed by atoms with E-state index in [1.54, 1.807) is 0 Å². The van der Waals surface area contributed by atoms with Gasteiger partial charge in [-0.1, -0.05) is 6.07 Å². The Kier molecular flexibility index (Phi) is 8.99. The van der Waals surface area contributed by atoms with Crippen LogP contribution in [0.2, 0.25) is 0 Å². The molecule has 0 saturated heterocycles. The van der Waals surface area contributed by atoms with Crippen molar-refractivity contribution >= 4 is 44.8 Å². The lowest BCUT2D eigenvalue weighted by molar-refractivity contribution is -0.348. The lowest BCUT2D eigenvalue weighted by Crippen LogP contribution is -2.50. The molecule has 3 rings (SSSR count). The highest BCUT2D eigenvalue weighted by atomic mass is 79.9. The molecule has 238 valence electrons. The minimum Gasteiger partial charge on any atom is -0.399 e. The molecule has 3 aromatic carbocycles. The Bertz CT molecular complexity index is 1570. The molecule has 0 unspecified atom stereocenters. The van der Waals surface area contributed by atoms with Crippen molar-refractivity contribution in [3.8, 4) is 0 Å². The summed E-state index contributed by atoms with van der Waals surface area (Å²) in [5.74, 6) is -10.7. The van der Waals surface area contributed by atoms with E-state index in [9.17, 15) is 62.3 Å². The zero-order valence-electron chi connectivity index (χ0n) is 20.9. The largest absolute Gasteiger partial charge is 0.458 e.